The van der Waals surface area contributed by atoms with Crippen molar-refractivity contribution in [1.29, 1.82) is 0 Å². The van der Waals surface area contributed by atoms with Crippen LogP contribution in [0.4, 0.5) is 27.8 Å². The van der Waals surface area contributed by atoms with Gasteiger partial charge in [-0.25, -0.2) is 13.2 Å². The first kappa shape index (κ1) is 32.0. The van der Waals surface area contributed by atoms with E-state index in [2.05, 4.69) is 43.4 Å². The first-order chi connectivity index (χ1) is 23.8. The van der Waals surface area contributed by atoms with E-state index in [-0.39, 0.29) is 17.4 Å². The number of carbonyl (C=O) groups is 2. The highest BCUT2D eigenvalue weighted by Gasteiger charge is 2.31. The van der Waals surface area contributed by atoms with Crippen LogP contribution in [0.1, 0.15) is 65.1 Å². The zero-order chi connectivity index (χ0) is 33.8. The van der Waals surface area contributed by atoms with Gasteiger partial charge >= 0.3 is 6.03 Å². The van der Waals surface area contributed by atoms with E-state index in [9.17, 15) is 18.0 Å². The molecule has 2 heterocycles. The Morgan fingerprint density at radius 3 is 2.41 bits per heavy atom. The molecule has 5 aromatic rings. The molecule has 0 radical (unpaired) electrons. The highest BCUT2D eigenvalue weighted by atomic mass is 32.2. The van der Waals surface area contributed by atoms with Crippen LogP contribution in [0.3, 0.4) is 0 Å². The summed E-state index contributed by atoms with van der Waals surface area (Å²) in [5.74, 6) is 0.187. The Labute approximate surface area is 284 Å². The first-order valence-electron chi connectivity index (χ1n) is 16.4. The predicted octanol–water partition coefficient (Wildman–Crippen LogP) is 6.49. The number of tetrazole rings is 1. The lowest BCUT2D eigenvalue weighted by Gasteiger charge is -2.26. The summed E-state index contributed by atoms with van der Waals surface area (Å²) in [6.45, 7) is 0.560. The topological polar surface area (TPSA) is 153 Å². The lowest BCUT2D eigenvalue weighted by atomic mass is 9.84. The zero-order valence-electron chi connectivity index (χ0n) is 26.7. The second-order valence-electron chi connectivity index (χ2n) is 12.3. The third-order valence-electron chi connectivity index (χ3n) is 9.17. The number of carbonyl (C=O) groups excluding carboxylic acids is 2. The second-order valence-corrected chi connectivity index (χ2v) is 14.2. The molecule has 0 unspecified atom stereocenters. The number of anilines is 4. The standard InChI is InChI=1S/C36H36N8O4S/c45-34(38-35-39-41-42-40-35)29-15-13-25(14-16-29)24-43(31-19-17-27(18-20-31)26-7-2-1-3-8-26)36(46)37-30-10-6-11-32(23-30)49(47,48)44-22-21-28-9-4-5-12-33(28)44/h4-6,9-20,23,26H,1-3,7-8,21-22,24H2,(H,37,46)(H2,38,39,40,41,42,45). The molecule has 0 spiro atoms. The third kappa shape index (κ3) is 7.02. The van der Waals surface area contributed by atoms with E-state index in [1.807, 2.05) is 36.4 Å². The summed E-state index contributed by atoms with van der Waals surface area (Å²) in [5.41, 5.74) is 5.15. The van der Waals surface area contributed by atoms with E-state index in [1.54, 1.807) is 47.4 Å². The number of rotatable bonds is 9. The van der Waals surface area contributed by atoms with Gasteiger partial charge in [0, 0.05) is 23.5 Å². The second kappa shape index (κ2) is 13.9. The number of hydrogen-bond donors (Lipinski definition) is 3. The molecule has 0 atom stereocenters. The molecular weight excluding hydrogens is 641 g/mol. The van der Waals surface area contributed by atoms with Crippen LogP contribution in [0.15, 0.2) is 102 Å². The van der Waals surface area contributed by atoms with Crippen LogP contribution in [-0.2, 0) is 23.0 Å². The Morgan fingerprint density at radius 1 is 0.878 bits per heavy atom. The molecule has 1 aliphatic heterocycles. The molecule has 1 aliphatic carbocycles. The van der Waals surface area contributed by atoms with Gasteiger partial charge in [-0.05, 0) is 95.6 Å². The van der Waals surface area contributed by atoms with Crippen molar-refractivity contribution >= 4 is 45.0 Å². The molecule has 250 valence electrons. The molecule has 3 N–H and O–H groups in total. The van der Waals surface area contributed by atoms with Crippen molar-refractivity contribution in [2.24, 2.45) is 0 Å². The maximum absolute atomic E-state index is 14.0. The van der Waals surface area contributed by atoms with Crippen molar-refractivity contribution < 1.29 is 18.0 Å². The number of nitrogens with one attached hydrogen (secondary N) is 3. The number of sulfonamides is 1. The lowest BCUT2D eigenvalue weighted by molar-refractivity contribution is 0.102. The number of H-pyrrole nitrogens is 1. The minimum atomic E-state index is -3.85. The van der Waals surface area contributed by atoms with Gasteiger partial charge in [0.25, 0.3) is 21.9 Å². The van der Waals surface area contributed by atoms with E-state index in [1.165, 1.54) is 48.0 Å². The number of amides is 3. The summed E-state index contributed by atoms with van der Waals surface area (Å²) >= 11 is 0. The highest BCUT2D eigenvalue weighted by Crippen LogP contribution is 2.35. The van der Waals surface area contributed by atoms with Gasteiger partial charge in [0.2, 0.25) is 0 Å². The van der Waals surface area contributed by atoms with Crippen molar-refractivity contribution in [2.45, 2.75) is 55.9 Å². The lowest BCUT2D eigenvalue weighted by Crippen LogP contribution is -2.34. The minimum absolute atomic E-state index is 0.0655. The van der Waals surface area contributed by atoms with Crippen LogP contribution in [0.25, 0.3) is 0 Å². The number of nitrogens with zero attached hydrogens (tertiary/aromatic N) is 5. The van der Waals surface area contributed by atoms with Gasteiger partial charge in [0.1, 0.15) is 0 Å². The molecule has 7 rings (SSSR count). The smallest absolute Gasteiger partial charge is 0.307 e. The Hall–Kier alpha value is -5.56. The average molecular weight is 677 g/mol. The number of urea groups is 1. The Morgan fingerprint density at radius 2 is 1.65 bits per heavy atom. The molecule has 3 amide bonds. The molecule has 1 aromatic heterocycles. The van der Waals surface area contributed by atoms with Gasteiger partial charge in [-0.3, -0.25) is 19.3 Å². The predicted molar refractivity (Wildman–Crippen MR) is 187 cm³/mol. The van der Waals surface area contributed by atoms with Gasteiger partial charge in [0.05, 0.1) is 17.1 Å². The molecule has 1 fully saturated rings. The summed E-state index contributed by atoms with van der Waals surface area (Å²) in [5, 5.41) is 18.7. The van der Waals surface area contributed by atoms with Crippen LogP contribution >= 0.6 is 0 Å². The molecule has 13 heteroatoms. The molecule has 49 heavy (non-hydrogen) atoms. The van der Waals surface area contributed by atoms with Crippen molar-refractivity contribution in [2.75, 3.05) is 26.4 Å². The van der Waals surface area contributed by atoms with E-state index in [4.69, 9.17) is 0 Å². The minimum Gasteiger partial charge on any atom is -0.307 e. The van der Waals surface area contributed by atoms with Crippen molar-refractivity contribution in [1.82, 2.24) is 20.6 Å². The maximum Gasteiger partial charge on any atom is 0.326 e. The Balaban J connectivity index is 1.12. The van der Waals surface area contributed by atoms with E-state index < -0.39 is 22.0 Å². The number of para-hydroxylation sites is 1. The quantitative estimate of drug-likeness (QED) is 0.161. The van der Waals surface area contributed by atoms with Crippen molar-refractivity contribution in [3.8, 4) is 0 Å². The van der Waals surface area contributed by atoms with Crippen LogP contribution in [-0.4, -0.2) is 47.5 Å². The van der Waals surface area contributed by atoms with Gasteiger partial charge in [0.15, 0.2) is 0 Å². The SMILES string of the molecule is O=C(Nc1nn[nH]n1)c1ccc(CN(C(=O)Nc2cccc(S(=O)(=O)N3CCc4ccccc43)c2)c2ccc(C3CCCCC3)cc2)cc1. The van der Waals surface area contributed by atoms with Gasteiger partial charge in [-0.1, -0.05) is 72.9 Å². The van der Waals surface area contributed by atoms with E-state index in [0.29, 0.717) is 41.5 Å². The number of aromatic nitrogens is 4. The molecule has 0 saturated heterocycles. The molecule has 0 bridgehead atoms. The fourth-order valence-corrected chi connectivity index (χ4v) is 8.14. The van der Waals surface area contributed by atoms with E-state index in [0.717, 1.165) is 11.1 Å². The summed E-state index contributed by atoms with van der Waals surface area (Å²) in [6.07, 6.45) is 6.70. The largest absolute Gasteiger partial charge is 0.326 e. The van der Waals surface area contributed by atoms with Crippen LogP contribution < -0.4 is 19.8 Å². The molecule has 2 aliphatic rings. The number of benzene rings is 4. The molecular formula is C36H36N8O4S. The third-order valence-corrected chi connectivity index (χ3v) is 11.0. The first-order valence-corrected chi connectivity index (χ1v) is 17.8. The number of fused-ring (bicyclic) bond motifs is 1. The number of hydrogen-bond acceptors (Lipinski definition) is 7. The molecule has 1 saturated carbocycles. The molecule has 12 nitrogen and oxygen atoms in total. The van der Waals surface area contributed by atoms with Crippen LogP contribution in [0.5, 0.6) is 0 Å². The normalized spacial score (nSPS) is 14.7. The summed E-state index contributed by atoms with van der Waals surface area (Å²) in [7, 11) is -3.85. The summed E-state index contributed by atoms with van der Waals surface area (Å²) in [6, 6.07) is 28.4. The van der Waals surface area contributed by atoms with Crippen LogP contribution in [0, 0.1) is 0 Å². The summed E-state index contributed by atoms with van der Waals surface area (Å²) in [4.78, 5) is 28.3. The van der Waals surface area contributed by atoms with Crippen molar-refractivity contribution in [3.63, 3.8) is 0 Å². The fraction of sp³-hybridized carbons (Fsp3) is 0.250. The Kier molecular flexibility index (Phi) is 9.07. The van der Waals surface area contributed by atoms with Gasteiger partial charge in [-0.15, -0.1) is 5.10 Å². The van der Waals surface area contributed by atoms with Gasteiger partial charge in [-0.2, -0.15) is 5.21 Å². The van der Waals surface area contributed by atoms with E-state index >= 15 is 0 Å². The fourth-order valence-electron chi connectivity index (χ4n) is 6.59. The Bertz CT molecular complexity index is 2050. The highest BCUT2D eigenvalue weighted by molar-refractivity contribution is 7.92. The average Bonchev–Trinajstić information content (AvgIpc) is 3.82. The monoisotopic (exact) mass is 676 g/mol. The zero-order valence-corrected chi connectivity index (χ0v) is 27.6. The molecule has 4 aromatic carbocycles. The maximum atomic E-state index is 14.0. The van der Waals surface area contributed by atoms with Gasteiger partial charge < -0.3 is 5.32 Å². The van der Waals surface area contributed by atoms with Crippen molar-refractivity contribution in [3.05, 3.63) is 119 Å². The summed E-state index contributed by atoms with van der Waals surface area (Å²) < 4.78 is 28.9. The van der Waals surface area contributed by atoms with Crippen LogP contribution in [0.2, 0.25) is 0 Å². The number of aromatic amines is 1.